The second-order valence-corrected chi connectivity index (χ2v) is 8.35. The lowest BCUT2D eigenvalue weighted by atomic mass is 9.86. The summed E-state index contributed by atoms with van der Waals surface area (Å²) in [5, 5.41) is 9.19. The van der Waals surface area contributed by atoms with Crippen molar-refractivity contribution in [2.75, 3.05) is 20.1 Å². The molecular formula is C20H34N4O. The molecule has 0 aliphatic heterocycles. The van der Waals surface area contributed by atoms with Crippen LogP contribution in [0.1, 0.15) is 52.7 Å². The van der Waals surface area contributed by atoms with Crippen molar-refractivity contribution in [2.24, 2.45) is 4.99 Å². The molecule has 0 atom stereocenters. The van der Waals surface area contributed by atoms with E-state index in [2.05, 4.69) is 66.0 Å². The number of aliphatic imine (C=N–C) groups is 1. The van der Waals surface area contributed by atoms with Gasteiger partial charge < -0.3 is 16.0 Å². The smallest absolute Gasteiger partial charge is 0.239 e. The molecule has 0 aromatic heterocycles. The summed E-state index contributed by atoms with van der Waals surface area (Å²) in [6.45, 7) is 13.5. The van der Waals surface area contributed by atoms with Crippen molar-refractivity contribution in [1.82, 2.24) is 16.0 Å². The number of hydrogen-bond acceptors (Lipinski definition) is 2. The van der Waals surface area contributed by atoms with Crippen LogP contribution in [0.15, 0.2) is 29.3 Å². The molecule has 140 valence electrons. The fourth-order valence-electron chi connectivity index (χ4n) is 2.34. The van der Waals surface area contributed by atoms with Gasteiger partial charge in [-0.2, -0.15) is 0 Å². The van der Waals surface area contributed by atoms with Crippen LogP contribution in [-0.2, 0) is 16.6 Å². The number of carbonyl (C=O) groups is 1. The van der Waals surface area contributed by atoms with Gasteiger partial charge in [-0.15, -0.1) is 0 Å². The number of carbonyl (C=O) groups excluding carboxylic acids is 1. The maximum absolute atomic E-state index is 11.8. The molecule has 0 bridgehead atoms. The molecule has 1 rings (SSSR count). The van der Waals surface area contributed by atoms with E-state index in [1.54, 1.807) is 7.05 Å². The van der Waals surface area contributed by atoms with E-state index < -0.39 is 0 Å². The molecule has 5 nitrogen and oxygen atoms in total. The van der Waals surface area contributed by atoms with Gasteiger partial charge in [0, 0.05) is 19.1 Å². The van der Waals surface area contributed by atoms with E-state index in [4.69, 9.17) is 0 Å². The van der Waals surface area contributed by atoms with Gasteiger partial charge in [0.25, 0.3) is 0 Å². The van der Waals surface area contributed by atoms with E-state index in [1.807, 2.05) is 20.8 Å². The maximum atomic E-state index is 11.8. The number of rotatable bonds is 5. The molecule has 1 aromatic carbocycles. The Labute approximate surface area is 152 Å². The van der Waals surface area contributed by atoms with Crippen molar-refractivity contribution < 1.29 is 4.79 Å². The predicted octanol–water partition coefficient (Wildman–Crippen LogP) is 2.61. The molecule has 0 aliphatic carbocycles. The van der Waals surface area contributed by atoms with E-state index in [1.165, 1.54) is 11.1 Å². The van der Waals surface area contributed by atoms with E-state index in [9.17, 15) is 4.79 Å². The van der Waals surface area contributed by atoms with Crippen LogP contribution in [0.3, 0.4) is 0 Å². The highest BCUT2D eigenvalue weighted by Gasteiger charge is 2.14. The quantitative estimate of drug-likeness (QED) is 0.567. The summed E-state index contributed by atoms with van der Waals surface area (Å²) in [6.07, 6.45) is 0.902. The molecule has 0 radical (unpaired) electrons. The van der Waals surface area contributed by atoms with Crippen LogP contribution in [0.25, 0.3) is 0 Å². The summed E-state index contributed by atoms with van der Waals surface area (Å²) in [5.41, 5.74) is 2.57. The van der Waals surface area contributed by atoms with Gasteiger partial charge in [-0.1, -0.05) is 45.0 Å². The highest BCUT2D eigenvalue weighted by atomic mass is 16.2. The Hall–Kier alpha value is -2.04. The van der Waals surface area contributed by atoms with Crippen molar-refractivity contribution >= 4 is 11.9 Å². The van der Waals surface area contributed by atoms with Crippen LogP contribution in [0.5, 0.6) is 0 Å². The van der Waals surface area contributed by atoms with Gasteiger partial charge >= 0.3 is 0 Å². The number of benzene rings is 1. The number of nitrogens with one attached hydrogen (secondary N) is 3. The largest absolute Gasteiger partial charge is 0.356 e. The third-order valence-corrected chi connectivity index (χ3v) is 3.68. The Morgan fingerprint density at radius 1 is 1.00 bits per heavy atom. The second-order valence-electron chi connectivity index (χ2n) is 8.35. The lowest BCUT2D eigenvalue weighted by Gasteiger charge is -2.21. The highest BCUT2D eigenvalue weighted by molar-refractivity contribution is 5.86. The normalized spacial score (nSPS) is 12.7. The first-order chi connectivity index (χ1) is 11.5. The minimum Gasteiger partial charge on any atom is -0.356 e. The third kappa shape index (κ3) is 8.57. The number of nitrogens with zero attached hydrogens (tertiary/aromatic N) is 1. The molecule has 1 aromatic rings. The third-order valence-electron chi connectivity index (χ3n) is 3.68. The van der Waals surface area contributed by atoms with Crippen LogP contribution in [0, 0.1) is 0 Å². The van der Waals surface area contributed by atoms with Gasteiger partial charge in [0.15, 0.2) is 5.96 Å². The average molecular weight is 347 g/mol. The summed E-state index contributed by atoms with van der Waals surface area (Å²) in [5.74, 6) is 0.587. The van der Waals surface area contributed by atoms with E-state index >= 15 is 0 Å². The van der Waals surface area contributed by atoms with Crippen LogP contribution >= 0.6 is 0 Å². The van der Waals surface area contributed by atoms with Gasteiger partial charge in [-0.05, 0) is 43.7 Å². The minimum atomic E-state index is -0.227. The van der Waals surface area contributed by atoms with Crippen molar-refractivity contribution in [1.29, 1.82) is 0 Å². The summed E-state index contributed by atoms with van der Waals surface area (Å²) in [7, 11) is 1.70. The predicted molar refractivity (Wildman–Crippen MR) is 106 cm³/mol. The average Bonchev–Trinajstić information content (AvgIpc) is 2.48. The molecule has 5 heteroatoms. The topological polar surface area (TPSA) is 65.5 Å². The number of amides is 1. The van der Waals surface area contributed by atoms with Crippen molar-refractivity contribution in [3.05, 3.63) is 35.4 Å². The fraction of sp³-hybridized carbons (Fsp3) is 0.600. The zero-order chi connectivity index (χ0) is 19.1. The number of guanidine groups is 1. The van der Waals surface area contributed by atoms with Gasteiger partial charge in [-0.25, -0.2) is 0 Å². The highest BCUT2D eigenvalue weighted by Crippen LogP contribution is 2.22. The monoisotopic (exact) mass is 346 g/mol. The SMILES string of the molecule is CN=C(NCCc1ccc(C(C)(C)C)cc1)NCC(=O)NC(C)(C)C. The first-order valence-electron chi connectivity index (χ1n) is 8.86. The van der Waals surface area contributed by atoms with Crippen molar-refractivity contribution in [3.8, 4) is 0 Å². The van der Waals surface area contributed by atoms with Crippen LogP contribution < -0.4 is 16.0 Å². The molecule has 25 heavy (non-hydrogen) atoms. The molecular weight excluding hydrogens is 312 g/mol. The lowest BCUT2D eigenvalue weighted by molar-refractivity contribution is -0.121. The van der Waals surface area contributed by atoms with Crippen LogP contribution in [-0.4, -0.2) is 37.5 Å². The lowest BCUT2D eigenvalue weighted by Crippen LogP contribution is -2.48. The summed E-state index contributed by atoms with van der Waals surface area (Å²) in [4.78, 5) is 16.0. The Bertz CT molecular complexity index is 577. The van der Waals surface area contributed by atoms with E-state index in [0.29, 0.717) is 5.96 Å². The Kier molecular flexibility index (Phi) is 7.46. The fourth-order valence-corrected chi connectivity index (χ4v) is 2.34. The summed E-state index contributed by atoms with van der Waals surface area (Å²) >= 11 is 0. The molecule has 3 N–H and O–H groups in total. The first-order valence-corrected chi connectivity index (χ1v) is 8.86. The Morgan fingerprint density at radius 3 is 2.08 bits per heavy atom. The van der Waals surface area contributed by atoms with Gasteiger partial charge in [0.05, 0.1) is 6.54 Å². The van der Waals surface area contributed by atoms with Crippen molar-refractivity contribution in [3.63, 3.8) is 0 Å². The maximum Gasteiger partial charge on any atom is 0.239 e. The van der Waals surface area contributed by atoms with Crippen molar-refractivity contribution in [2.45, 2.75) is 58.9 Å². The zero-order valence-corrected chi connectivity index (χ0v) is 16.8. The van der Waals surface area contributed by atoms with Crippen LogP contribution in [0.4, 0.5) is 0 Å². The molecule has 0 saturated carbocycles. The van der Waals surface area contributed by atoms with Gasteiger partial charge in [0.1, 0.15) is 0 Å². The molecule has 0 unspecified atom stereocenters. The summed E-state index contributed by atoms with van der Waals surface area (Å²) < 4.78 is 0. The summed E-state index contributed by atoms with van der Waals surface area (Å²) in [6, 6.07) is 8.74. The molecule has 0 heterocycles. The molecule has 0 saturated heterocycles. The molecule has 0 fully saturated rings. The zero-order valence-electron chi connectivity index (χ0n) is 16.8. The molecule has 0 aliphatic rings. The van der Waals surface area contributed by atoms with E-state index in [0.717, 1.165) is 13.0 Å². The Balaban J connectivity index is 2.39. The number of hydrogen-bond donors (Lipinski definition) is 3. The van der Waals surface area contributed by atoms with Gasteiger partial charge in [-0.3, -0.25) is 9.79 Å². The second kappa shape index (κ2) is 8.88. The van der Waals surface area contributed by atoms with E-state index in [-0.39, 0.29) is 23.4 Å². The first kappa shape index (κ1) is 21.0. The Morgan fingerprint density at radius 2 is 1.60 bits per heavy atom. The van der Waals surface area contributed by atoms with Crippen LogP contribution in [0.2, 0.25) is 0 Å². The standard InChI is InChI=1S/C20H34N4O/c1-19(2,3)16-10-8-15(9-11-16)12-13-22-18(21-7)23-14-17(25)24-20(4,5)6/h8-11H,12-14H2,1-7H3,(H,24,25)(H2,21,22,23). The minimum absolute atomic E-state index is 0.0479. The molecule has 1 amide bonds. The van der Waals surface area contributed by atoms with Gasteiger partial charge in [0.2, 0.25) is 5.91 Å². The molecule has 0 spiro atoms.